The highest BCUT2D eigenvalue weighted by atomic mass is 79.9. The first-order valence-electron chi connectivity index (χ1n) is 4.59. The van der Waals surface area contributed by atoms with Gasteiger partial charge in [-0.25, -0.2) is 0 Å². The van der Waals surface area contributed by atoms with Crippen LogP contribution in [0.25, 0.3) is 11.1 Å². The highest BCUT2D eigenvalue weighted by molar-refractivity contribution is 9.10. The number of nitrogens with zero attached hydrogens (tertiary/aromatic N) is 1. The molecule has 1 aromatic heterocycles. The molecule has 0 saturated heterocycles. The molecule has 0 saturated carbocycles. The number of aromatic nitrogens is 2. The van der Waals surface area contributed by atoms with Crippen molar-refractivity contribution in [1.82, 2.24) is 10.2 Å². The maximum absolute atomic E-state index is 3.98. The Morgan fingerprint density at radius 2 is 2.29 bits per heavy atom. The van der Waals surface area contributed by atoms with Crippen molar-refractivity contribution in [2.75, 3.05) is 0 Å². The Balaban J connectivity index is 2.47. The monoisotopic (exact) mass is 250 g/mol. The molecule has 0 fully saturated rings. The number of hydrogen-bond acceptors (Lipinski definition) is 1. The molecule has 2 aromatic rings. The first-order chi connectivity index (χ1) is 6.81. The summed E-state index contributed by atoms with van der Waals surface area (Å²) in [6, 6.07) is 8.50. The second-order valence-electron chi connectivity index (χ2n) is 3.15. The van der Waals surface area contributed by atoms with E-state index in [1.807, 2.05) is 6.20 Å². The SMILES string of the molecule is CCc1cccc(-c2cn[nH]c2Br)c1. The van der Waals surface area contributed by atoms with Crippen molar-refractivity contribution < 1.29 is 0 Å². The molecule has 0 aliphatic heterocycles. The van der Waals surface area contributed by atoms with Gasteiger partial charge < -0.3 is 0 Å². The van der Waals surface area contributed by atoms with E-state index in [1.165, 1.54) is 11.1 Å². The van der Waals surface area contributed by atoms with E-state index < -0.39 is 0 Å². The van der Waals surface area contributed by atoms with Gasteiger partial charge >= 0.3 is 0 Å². The molecule has 0 aliphatic carbocycles. The van der Waals surface area contributed by atoms with Crippen molar-refractivity contribution >= 4 is 15.9 Å². The maximum Gasteiger partial charge on any atom is 0.108 e. The van der Waals surface area contributed by atoms with E-state index >= 15 is 0 Å². The van der Waals surface area contributed by atoms with Crippen LogP contribution >= 0.6 is 15.9 Å². The zero-order valence-corrected chi connectivity index (χ0v) is 9.51. The third-order valence-corrected chi connectivity index (χ3v) is 2.84. The summed E-state index contributed by atoms with van der Waals surface area (Å²) in [4.78, 5) is 0. The molecule has 0 radical (unpaired) electrons. The highest BCUT2D eigenvalue weighted by Gasteiger charge is 2.04. The molecule has 1 heterocycles. The van der Waals surface area contributed by atoms with Crippen LogP contribution in [0.15, 0.2) is 35.1 Å². The third-order valence-electron chi connectivity index (χ3n) is 2.24. The van der Waals surface area contributed by atoms with E-state index in [1.54, 1.807) is 0 Å². The lowest BCUT2D eigenvalue weighted by Crippen LogP contribution is -1.81. The Hall–Kier alpha value is -1.09. The van der Waals surface area contributed by atoms with Gasteiger partial charge in [-0.1, -0.05) is 31.2 Å². The van der Waals surface area contributed by atoms with Gasteiger partial charge in [0.2, 0.25) is 0 Å². The number of benzene rings is 1. The van der Waals surface area contributed by atoms with Gasteiger partial charge in [0.05, 0.1) is 6.20 Å². The van der Waals surface area contributed by atoms with Crippen molar-refractivity contribution in [1.29, 1.82) is 0 Å². The lowest BCUT2D eigenvalue weighted by molar-refractivity contribution is 1.07. The number of rotatable bonds is 2. The standard InChI is InChI=1S/C11H11BrN2/c1-2-8-4-3-5-9(6-8)10-7-13-14-11(10)12/h3-7H,2H2,1H3,(H,13,14). The van der Waals surface area contributed by atoms with E-state index in [0.29, 0.717) is 0 Å². The van der Waals surface area contributed by atoms with Crippen molar-refractivity contribution in [2.45, 2.75) is 13.3 Å². The Labute approximate surface area is 91.5 Å². The topological polar surface area (TPSA) is 28.7 Å². The number of H-pyrrole nitrogens is 1. The predicted molar refractivity (Wildman–Crippen MR) is 61.1 cm³/mol. The Morgan fingerprint density at radius 3 is 2.93 bits per heavy atom. The molecule has 3 heteroatoms. The Bertz CT molecular complexity index is 434. The van der Waals surface area contributed by atoms with E-state index in [0.717, 1.165) is 16.6 Å². The molecule has 0 amide bonds. The zero-order chi connectivity index (χ0) is 9.97. The van der Waals surface area contributed by atoms with Crippen LogP contribution in [0, 0.1) is 0 Å². The minimum atomic E-state index is 0.936. The minimum Gasteiger partial charge on any atom is -0.271 e. The van der Waals surface area contributed by atoms with E-state index in [4.69, 9.17) is 0 Å². The summed E-state index contributed by atoms with van der Waals surface area (Å²) in [5.74, 6) is 0. The molecule has 0 unspecified atom stereocenters. The van der Waals surface area contributed by atoms with Crippen LogP contribution in [0.1, 0.15) is 12.5 Å². The normalized spacial score (nSPS) is 10.4. The lowest BCUT2D eigenvalue weighted by Gasteiger charge is -2.01. The van der Waals surface area contributed by atoms with E-state index in [2.05, 4.69) is 57.3 Å². The fraction of sp³-hybridized carbons (Fsp3) is 0.182. The van der Waals surface area contributed by atoms with Gasteiger partial charge in [0, 0.05) is 5.56 Å². The van der Waals surface area contributed by atoms with Gasteiger partial charge in [-0.3, -0.25) is 5.10 Å². The second-order valence-corrected chi connectivity index (χ2v) is 3.94. The summed E-state index contributed by atoms with van der Waals surface area (Å²) in [6.07, 6.45) is 2.89. The minimum absolute atomic E-state index is 0.936. The average Bonchev–Trinajstić information content (AvgIpc) is 2.65. The molecule has 14 heavy (non-hydrogen) atoms. The molecule has 0 atom stereocenters. The summed E-state index contributed by atoms with van der Waals surface area (Å²) in [5, 5.41) is 6.85. The molecule has 0 bridgehead atoms. The van der Waals surface area contributed by atoms with Crippen molar-refractivity contribution in [3.05, 3.63) is 40.6 Å². The predicted octanol–water partition coefficient (Wildman–Crippen LogP) is 3.40. The summed E-state index contributed by atoms with van der Waals surface area (Å²) in [5.41, 5.74) is 3.65. The van der Waals surface area contributed by atoms with Crippen LogP contribution in [-0.2, 0) is 6.42 Å². The average molecular weight is 251 g/mol. The fourth-order valence-electron chi connectivity index (χ4n) is 1.43. The molecule has 0 spiro atoms. The Morgan fingerprint density at radius 1 is 1.43 bits per heavy atom. The molecule has 2 nitrogen and oxygen atoms in total. The molecule has 0 aliphatic rings. The lowest BCUT2D eigenvalue weighted by atomic mass is 10.1. The van der Waals surface area contributed by atoms with Gasteiger partial charge in [0.25, 0.3) is 0 Å². The number of nitrogens with one attached hydrogen (secondary N) is 1. The second kappa shape index (κ2) is 3.96. The molecular formula is C11H11BrN2. The van der Waals surface area contributed by atoms with E-state index in [9.17, 15) is 0 Å². The molecule has 2 rings (SSSR count). The number of aromatic amines is 1. The van der Waals surface area contributed by atoms with Crippen molar-refractivity contribution in [3.63, 3.8) is 0 Å². The maximum atomic E-state index is 3.98. The highest BCUT2D eigenvalue weighted by Crippen LogP contribution is 2.26. The number of hydrogen-bond donors (Lipinski definition) is 1. The quantitative estimate of drug-likeness (QED) is 0.870. The summed E-state index contributed by atoms with van der Waals surface area (Å²) >= 11 is 3.43. The third kappa shape index (κ3) is 1.73. The Kier molecular flexibility index (Phi) is 2.68. The van der Waals surface area contributed by atoms with Gasteiger partial charge in [0.1, 0.15) is 4.60 Å². The molecular weight excluding hydrogens is 240 g/mol. The first kappa shape index (κ1) is 9.46. The summed E-state index contributed by atoms with van der Waals surface area (Å²) < 4.78 is 0.936. The van der Waals surface area contributed by atoms with Crippen LogP contribution in [-0.4, -0.2) is 10.2 Å². The van der Waals surface area contributed by atoms with Crippen LogP contribution < -0.4 is 0 Å². The zero-order valence-electron chi connectivity index (χ0n) is 7.92. The van der Waals surface area contributed by atoms with E-state index in [-0.39, 0.29) is 0 Å². The largest absolute Gasteiger partial charge is 0.271 e. The smallest absolute Gasteiger partial charge is 0.108 e. The molecule has 72 valence electrons. The number of aryl methyl sites for hydroxylation is 1. The van der Waals surface area contributed by atoms with Gasteiger partial charge in [-0.05, 0) is 33.5 Å². The fourth-order valence-corrected chi connectivity index (χ4v) is 1.86. The van der Waals surface area contributed by atoms with Crippen LogP contribution in [0.2, 0.25) is 0 Å². The van der Waals surface area contributed by atoms with Crippen LogP contribution in [0.4, 0.5) is 0 Å². The first-order valence-corrected chi connectivity index (χ1v) is 5.38. The van der Waals surface area contributed by atoms with Crippen molar-refractivity contribution in [3.8, 4) is 11.1 Å². The summed E-state index contributed by atoms with van der Waals surface area (Å²) in [6.45, 7) is 2.16. The van der Waals surface area contributed by atoms with Gasteiger partial charge in [0.15, 0.2) is 0 Å². The molecule has 1 aromatic carbocycles. The van der Waals surface area contributed by atoms with Crippen molar-refractivity contribution in [2.24, 2.45) is 0 Å². The van der Waals surface area contributed by atoms with Gasteiger partial charge in [-0.15, -0.1) is 0 Å². The summed E-state index contributed by atoms with van der Waals surface area (Å²) in [7, 11) is 0. The number of halogens is 1. The van der Waals surface area contributed by atoms with Crippen LogP contribution in [0.5, 0.6) is 0 Å². The van der Waals surface area contributed by atoms with Crippen LogP contribution in [0.3, 0.4) is 0 Å². The van der Waals surface area contributed by atoms with Gasteiger partial charge in [-0.2, -0.15) is 5.10 Å². The molecule has 1 N–H and O–H groups in total.